The van der Waals surface area contributed by atoms with Crippen LogP contribution in [-0.2, 0) is 16.1 Å². The molecule has 1 aliphatic rings. The normalized spacial score (nSPS) is 18.1. The van der Waals surface area contributed by atoms with Crippen LogP contribution in [0.3, 0.4) is 0 Å². The Kier molecular flexibility index (Phi) is 7.43. The second-order valence-corrected chi connectivity index (χ2v) is 7.20. The van der Waals surface area contributed by atoms with Crippen molar-refractivity contribution < 1.29 is 14.6 Å². The van der Waals surface area contributed by atoms with Crippen LogP contribution in [0.15, 0.2) is 30.3 Å². The minimum Gasteiger partial charge on any atom is -0.480 e. The van der Waals surface area contributed by atoms with Crippen molar-refractivity contribution in [3.8, 4) is 0 Å². The molecular formula is C15H21NO3S2. The zero-order valence-electron chi connectivity index (χ0n) is 11.9. The standard InChI is InChI=1S/C15H21NO3S2/c17-15(18)14(16-13-10-20-6-7-21-11-13)9-19-8-12-4-2-1-3-5-12/h1-5,13-14,16H,6-11H2,(H,17,18)/t14-/m0/s1. The van der Waals surface area contributed by atoms with Crippen LogP contribution in [-0.4, -0.2) is 52.8 Å². The molecule has 0 radical (unpaired) electrons. The molecule has 1 aromatic rings. The maximum Gasteiger partial charge on any atom is 0.323 e. The molecule has 1 fully saturated rings. The minimum atomic E-state index is -0.845. The number of carboxylic acid groups (broad SMARTS) is 1. The van der Waals surface area contributed by atoms with Crippen LogP contribution in [0.4, 0.5) is 0 Å². The molecule has 0 saturated carbocycles. The SMILES string of the molecule is O=C(O)[C@H](COCc1ccccc1)NC1CSCCSC1. The van der Waals surface area contributed by atoms with Gasteiger partial charge in [-0.2, -0.15) is 23.5 Å². The van der Waals surface area contributed by atoms with Gasteiger partial charge in [0.15, 0.2) is 0 Å². The van der Waals surface area contributed by atoms with E-state index in [0.29, 0.717) is 6.61 Å². The van der Waals surface area contributed by atoms with Crippen molar-refractivity contribution in [1.29, 1.82) is 0 Å². The fraction of sp³-hybridized carbons (Fsp3) is 0.533. The van der Waals surface area contributed by atoms with Crippen molar-refractivity contribution >= 4 is 29.5 Å². The largest absolute Gasteiger partial charge is 0.480 e. The first kappa shape index (κ1) is 16.7. The molecule has 2 rings (SSSR count). The van der Waals surface area contributed by atoms with Gasteiger partial charge in [0.2, 0.25) is 0 Å². The molecule has 0 amide bonds. The van der Waals surface area contributed by atoms with E-state index in [-0.39, 0.29) is 12.6 Å². The first-order valence-corrected chi connectivity index (χ1v) is 9.32. The number of benzene rings is 1. The van der Waals surface area contributed by atoms with Crippen molar-refractivity contribution in [1.82, 2.24) is 5.32 Å². The number of thioether (sulfide) groups is 2. The lowest BCUT2D eigenvalue weighted by Gasteiger charge is -2.21. The fourth-order valence-corrected chi connectivity index (χ4v) is 4.48. The summed E-state index contributed by atoms with van der Waals surface area (Å²) in [5.74, 6) is 3.38. The lowest BCUT2D eigenvalue weighted by Crippen LogP contribution is -2.48. The molecule has 1 heterocycles. The Morgan fingerprint density at radius 1 is 1.29 bits per heavy atom. The third-order valence-electron chi connectivity index (χ3n) is 3.14. The van der Waals surface area contributed by atoms with E-state index >= 15 is 0 Å². The van der Waals surface area contributed by atoms with E-state index in [1.807, 2.05) is 53.9 Å². The molecule has 6 heteroatoms. The van der Waals surface area contributed by atoms with Crippen LogP contribution in [0.2, 0.25) is 0 Å². The third kappa shape index (κ3) is 6.30. The molecule has 0 aromatic heterocycles. The minimum absolute atomic E-state index is 0.191. The lowest BCUT2D eigenvalue weighted by atomic mass is 10.2. The molecule has 1 aromatic carbocycles. The van der Waals surface area contributed by atoms with Crippen molar-refractivity contribution in [2.75, 3.05) is 29.6 Å². The zero-order valence-corrected chi connectivity index (χ0v) is 13.5. The Bertz CT molecular complexity index is 422. The van der Waals surface area contributed by atoms with E-state index in [1.165, 1.54) is 0 Å². The number of ether oxygens (including phenoxy) is 1. The smallest absolute Gasteiger partial charge is 0.323 e. The second-order valence-electron chi connectivity index (χ2n) is 4.90. The summed E-state index contributed by atoms with van der Waals surface area (Å²) >= 11 is 3.76. The summed E-state index contributed by atoms with van der Waals surface area (Å²) in [6.45, 7) is 0.635. The van der Waals surface area contributed by atoms with Gasteiger partial charge in [-0.25, -0.2) is 0 Å². The Morgan fingerprint density at radius 3 is 2.57 bits per heavy atom. The maximum absolute atomic E-state index is 11.3. The first-order chi connectivity index (χ1) is 10.3. The van der Waals surface area contributed by atoms with Gasteiger partial charge in [-0.1, -0.05) is 30.3 Å². The number of rotatable bonds is 7. The predicted octanol–water partition coefficient (Wildman–Crippen LogP) is 2.09. The Hall–Kier alpha value is -0.690. The summed E-state index contributed by atoms with van der Waals surface area (Å²) in [5.41, 5.74) is 1.06. The van der Waals surface area contributed by atoms with Gasteiger partial charge in [0.25, 0.3) is 0 Å². The Balaban J connectivity index is 1.77. The molecule has 1 atom stereocenters. The summed E-state index contributed by atoms with van der Waals surface area (Å²) < 4.78 is 5.56. The van der Waals surface area contributed by atoms with E-state index in [1.54, 1.807) is 0 Å². The highest BCUT2D eigenvalue weighted by molar-refractivity contribution is 8.03. The van der Waals surface area contributed by atoms with E-state index in [2.05, 4.69) is 5.32 Å². The molecule has 1 aliphatic heterocycles. The average Bonchev–Trinajstić information content (AvgIpc) is 2.76. The van der Waals surface area contributed by atoms with Gasteiger partial charge in [-0.15, -0.1) is 0 Å². The first-order valence-electron chi connectivity index (χ1n) is 7.01. The van der Waals surface area contributed by atoms with Crippen LogP contribution in [0, 0.1) is 0 Å². The van der Waals surface area contributed by atoms with E-state index in [4.69, 9.17) is 4.74 Å². The third-order valence-corrected chi connectivity index (χ3v) is 5.66. The van der Waals surface area contributed by atoms with Crippen molar-refractivity contribution in [2.24, 2.45) is 0 Å². The van der Waals surface area contributed by atoms with Crippen molar-refractivity contribution in [3.63, 3.8) is 0 Å². The van der Waals surface area contributed by atoms with E-state index in [0.717, 1.165) is 28.6 Å². The van der Waals surface area contributed by atoms with Gasteiger partial charge in [-0.05, 0) is 5.56 Å². The highest BCUT2D eigenvalue weighted by Gasteiger charge is 2.22. The number of carbonyl (C=O) groups is 1. The summed E-state index contributed by atoms with van der Waals surface area (Å²) in [5, 5.41) is 12.5. The van der Waals surface area contributed by atoms with Gasteiger partial charge >= 0.3 is 5.97 Å². The molecular weight excluding hydrogens is 306 g/mol. The Labute approximate surface area is 134 Å². The van der Waals surface area contributed by atoms with Gasteiger partial charge < -0.3 is 9.84 Å². The lowest BCUT2D eigenvalue weighted by molar-refractivity contribution is -0.141. The molecule has 1 saturated heterocycles. The second kappa shape index (κ2) is 9.35. The highest BCUT2D eigenvalue weighted by atomic mass is 32.2. The van der Waals surface area contributed by atoms with E-state index < -0.39 is 12.0 Å². The van der Waals surface area contributed by atoms with Gasteiger partial charge in [0, 0.05) is 29.1 Å². The zero-order chi connectivity index (χ0) is 14.9. The quantitative estimate of drug-likeness (QED) is 0.800. The van der Waals surface area contributed by atoms with E-state index in [9.17, 15) is 9.90 Å². The number of hydrogen-bond acceptors (Lipinski definition) is 5. The average molecular weight is 327 g/mol. The van der Waals surface area contributed by atoms with Crippen LogP contribution in [0.25, 0.3) is 0 Å². The molecule has 116 valence electrons. The number of nitrogens with one attached hydrogen (secondary N) is 1. The maximum atomic E-state index is 11.3. The summed E-state index contributed by atoms with van der Waals surface area (Å²) in [7, 11) is 0. The van der Waals surface area contributed by atoms with Crippen LogP contribution >= 0.6 is 23.5 Å². The molecule has 21 heavy (non-hydrogen) atoms. The van der Waals surface area contributed by atoms with Gasteiger partial charge in [0.1, 0.15) is 6.04 Å². The molecule has 4 nitrogen and oxygen atoms in total. The molecule has 0 aliphatic carbocycles. The van der Waals surface area contributed by atoms with Gasteiger partial charge in [0.05, 0.1) is 13.2 Å². The highest BCUT2D eigenvalue weighted by Crippen LogP contribution is 2.17. The van der Waals surface area contributed by atoms with Crippen LogP contribution in [0.1, 0.15) is 5.56 Å². The molecule has 2 N–H and O–H groups in total. The molecule has 0 bridgehead atoms. The summed E-state index contributed by atoms with van der Waals surface area (Å²) in [6.07, 6.45) is 0. The topological polar surface area (TPSA) is 58.6 Å². The number of carboxylic acids is 1. The van der Waals surface area contributed by atoms with Crippen molar-refractivity contribution in [2.45, 2.75) is 18.7 Å². The monoisotopic (exact) mass is 327 g/mol. The molecule has 0 spiro atoms. The van der Waals surface area contributed by atoms with Crippen LogP contribution in [0.5, 0.6) is 0 Å². The van der Waals surface area contributed by atoms with Crippen LogP contribution < -0.4 is 5.32 Å². The van der Waals surface area contributed by atoms with Crippen molar-refractivity contribution in [3.05, 3.63) is 35.9 Å². The van der Waals surface area contributed by atoms with Gasteiger partial charge in [-0.3, -0.25) is 10.1 Å². The number of hydrogen-bond donors (Lipinski definition) is 2. The fourth-order valence-electron chi connectivity index (χ4n) is 2.06. The predicted molar refractivity (Wildman–Crippen MR) is 89.1 cm³/mol. The summed E-state index contributed by atoms with van der Waals surface area (Å²) in [4.78, 5) is 11.3. The molecule has 0 unspecified atom stereocenters. The summed E-state index contributed by atoms with van der Waals surface area (Å²) in [6, 6.07) is 9.40. The number of aliphatic carboxylic acids is 1. The Morgan fingerprint density at radius 2 is 1.95 bits per heavy atom.